The molecule has 0 aromatic heterocycles. The second-order valence-electron chi connectivity index (χ2n) is 10.0. The molecule has 2 unspecified atom stereocenters. The summed E-state index contributed by atoms with van der Waals surface area (Å²) >= 11 is 0. The molecular weight excluding hydrogens is 452 g/mol. The van der Waals surface area contributed by atoms with Crippen molar-refractivity contribution in [3.63, 3.8) is 0 Å². The lowest BCUT2D eigenvalue weighted by Gasteiger charge is -2.35. The fraction of sp³-hybridized carbons (Fsp3) is 0.720. The Morgan fingerprint density at radius 3 is 2.35 bits per heavy atom. The molecule has 9 heteroatoms. The van der Waals surface area contributed by atoms with Gasteiger partial charge in [0.2, 0.25) is 15.9 Å². The molecule has 0 aliphatic carbocycles. The molecule has 192 valence electrons. The van der Waals surface area contributed by atoms with Crippen LogP contribution in [-0.4, -0.2) is 100 Å². The van der Waals surface area contributed by atoms with Crippen LogP contribution in [0.3, 0.4) is 0 Å². The van der Waals surface area contributed by atoms with Gasteiger partial charge in [-0.25, -0.2) is 8.42 Å². The van der Waals surface area contributed by atoms with Crippen LogP contribution in [0.25, 0.3) is 0 Å². The van der Waals surface area contributed by atoms with E-state index < -0.39 is 10.0 Å². The monoisotopic (exact) mass is 494 g/mol. The fourth-order valence-corrected chi connectivity index (χ4v) is 5.98. The first kappa shape index (κ1) is 27.1. The van der Waals surface area contributed by atoms with Gasteiger partial charge in [-0.15, -0.1) is 0 Å². The number of carbonyl (C=O) groups is 1. The van der Waals surface area contributed by atoms with E-state index in [9.17, 15) is 13.2 Å². The van der Waals surface area contributed by atoms with Crippen LogP contribution in [0.15, 0.2) is 29.2 Å². The number of nitrogens with one attached hydrogen (secondary N) is 1. The Balaban J connectivity index is 1.42. The Morgan fingerprint density at radius 2 is 1.74 bits per heavy atom. The van der Waals surface area contributed by atoms with E-state index in [2.05, 4.69) is 37.9 Å². The predicted octanol–water partition coefficient (Wildman–Crippen LogP) is 1.98. The number of carbonyl (C=O) groups excluding carboxylic acids is 1. The van der Waals surface area contributed by atoms with E-state index in [1.54, 1.807) is 12.1 Å². The van der Waals surface area contributed by atoms with Gasteiger partial charge in [0, 0.05) is 52.4 Å². The van der Waals surface area contributed by atoms with Crippen molar-refractivity contribution in [1.82, 2.24) is 19.4 Å². The second-order valence-corrected chi connectivity index (χ2v) is 11.9. The van der Waals surface area contributed by atoms with Gasteiger partial charge in [-0.2, -0.15) is 4.31 Å². The van der Waals surface area contributed by atoms with E-state index in [1.807, 2.05) is 17.0 Å². The zero-order chi connectivity index (χ0) is 24.7. The Kier molecular flexibility index (Phi) is 9.91. The number of amides is 1. The van der Waals surface area contributed by atoms with Crippen molar-refractivity contribution < 1.29 is 17.9 Å². The number of hydrogen-bond donors (Lipinski definition) is 1. The molecule has 2 saturated heterocycles. The number of benzene rings is 1. The van der Waals surface area contributed by atoms with Gasteiger partial charge in [0.25, 0.3) is 0 Å². The number of morpholine rings is 1. The first-order valence-electron chi connectivity index (χ1n) is 12.6. The first-order valence-corrected chi connectivity index (χ1v) is 14.1. The highest BCUT2D eigenvalue weighted by atomic mass is 32.2. The second kappa shape index (κ2) is 12.4. The molecule has 1 amide bonds. The van der Waals surface area contributed by atoms with Gasteiger partial charge < -0.3 is 10.1 Å². The van der Waals surface area contributed by atoms with Crippen LogP contribution < -0.4 is 5.32 Å². The molecule has 0 spiro atoms. The molecule has 2 fully saturated rings. The maximum absolute atomic E-state index is 13.0. The Labute approximate surface area is 205 Å². The van der Waals surface area contributed by atoms with Crippen molar-refractivity contribution in [2.24, 2.45) is 5.92 Å². The average molecular weight is 495 g/mol. The molecule has 2 heterocycles. The quantitative estimate of drug-likeness (QED) is 0.536. The summed E-state index contributed by atoms with van der Waals surface area (Å²) in [5.41, 5.74) is 1.16. The molecular formula is C25H42N4O4S. The number of piperazine rings is 1. The molecule has 0 radical (unpaired) electrons. The largest absolute Gasteiger partial charge is 0.374 e. The van der Waals surface area contributed by atoms with Crippen LogP contribution in [0, 0.1) is 5.92 Å². The van der Waals surface area contributed by atoms with Crippen molar-refractivity contribution in [2.45, 2.75) is 51.0 Å². The fourth-order valence-electron chi connectivity index (χ4n) is 4.55. The summed E-state index contributed by atoms with van der Waals surface area (Å²) in [4.78, 5) is 17.2. The Hall–Kier alpha value is -1.52. The van der Waals surface area contributed by atoms with Crippen LogP contribution in [0.5, 0.6) is 0 Å². The van der Waals surface area contributed by atoms with E-state index in [0.29, 0.717) is 56.1 Å². The van der Waals surface area contributed by atoms with Gasteiger partial charge in [0.15, 0.2) is 0 Å². The SMILES string of the molecule is CCC(C)c1ccc(S(=O)(=O)N2CCN(CC(=O)NCC3CN(CC(C)C)CCO3)CC2)cc1. The molecule has 0 bridgehead atoms. The van der Waals surface area contributed by atoms with Crippen LogP contribution in [-0.2, 0) is 19.6 Å². The lowest BCUT2D eigenvalue weighted by atomic mass is 9.99. The molecule has 2 aliphatic heterocycles. The van der Waals surface area contributed by atoms with E-state index >= 15 is 0 Å². The molecule has 34 heavy (non-hydrogen) atoms. The summed E-state index contributed by atoms with van der Waals surface area (Å²) in [6, 6.07) is 7.26. The molecule has 2 atom stereocenters. The molecule has 1 N–H and O–H groups in total. The number of hydrogen-bond acceptors (Lipinski definition) is 6. The van der Waals surface area contributed by atoms with E-state index in [1.165, 1.54) is 4.31 Å². The highest BCUT2D eigenvalue weighted by Gasteiger charge is 2.29. The molecule has 2 aliphatic rings. The van der Waals surface area contributed by atoms with Gasteiger partial charge in [-0.3, -0.25) is 14.6 Å². The summed E-state index contributed by atoms with van der Waals surface area (Å²) in [6.07, 6.45) is 1.04. The van der Waals surface area contributed by atoms with Crippen molar-refractivity contribution in [3.8, 4) is 0 Å². The van der Waals surface area contributed by atoms with E-state index in [4.69, 9.17) is 4.74 Å². The summed E-state index contributed by atoms with van der Waals surface area (Å²) in [5.74, 6) is 0.983. The zero-order valence-electron chi connectivity index (χ0n) is 21.2. The van der Waals surface area contributed by atoms with Crippen molar-refractivity contribution in [1.29, 1.82) is 0 Å². The minimum atomic E-state index is -3.52. The summed E-state index contributed by atoms with van der Waals surface area (Å²) in [6.45, 7) is 14.9. The van der Waals surface area contributed by atoms with Crippen molar-refractivity contribution in [3.05, 3.63) is 29.8 Å². The van der Waals surface area contributed by atoms with Gasteiger partial charge in [0.05, 0.1) is 24.2 Å². The predicted molar refractivity (Wildman–Crippen MR) is 134 cm³/mol. The van der Waals surface area contributed by atoms with Crippen LogP contribution in [0.1, 0.15) is 45.6 Å². The standard InChI is InChI=1S/C25H42N4O4S/c1-5-21(4)22-6-8-24(9-7-22)34(31,32)29-12-10-27(11-13-29)19-25(30)26-16-23-18-28(14-15-33-23)17-20(2)3/h6-9,20-21,23H,5,10-19H2,1-4H3,(H,26,30). The maximum Gasteiger partial charge on any atom is 0.243 e. The summed E-state index contributed by atoms with van der Waals surface area (Å²) in [7, 11) is -3.52. The van der Waals surface area contributed by atoms with Crippen LogP contribution >= 0.6 is 0 Å². The smallest absolute Gasteiger partial charge is 0.243 e. The third kappa shape index (κ3) is 7.49. The third-order valence-electron chi connectivity index (χ3n) is 6.77. The highest BCUT2D eigenvalue weighted by molar-refractivity contribution is 7.89. The molecule has 0 saturated carbocycles. The van der Waals surface area contributed by atoms with Gasteiger partial charge in [-0.05, 0) is 36.0 Å². The minimum Gasteiger partial charge on any atom is -0.374 e. The van der Waals surface area contributed by atoms with E-state index in [-0.39, 0.29) is 18.6 Å². The highest BCUT2D eigenvalue weighted by Crippen LogP contribution is 2.23. The van der Waals surface area contributed by atoms with Gasteiger partial charge in [0.1, 0.15) is 0 Å². The third-order valence-corrected chi connectivity index (χ3v) is 8.68. The molecule has 1 aromatic rings. The van der Waals surface area contributed by atoms with Crippen LogP contribution in [0.4, 0.5) is 0 Å². The maximum atomic E-state index is 13.0. The molecule has 1 aromatic carbocycles. The Morgan fingerprint density at radius 1 is 1.06 bits per heavy atom. The van der Waals surface area contributed by atoms with Crippen LogP contribution in [0.2, 0.25) is 0 Å². The number of ether oxygens (including phenoxy) is 1. The van der Waals surface area contributed by atoms with Gasteiger partial charge >= 0.3 is 0 Å². The number of rotatable bonds is 10. The van der Waals surface area contributed by atoms with Crippen molar-refractivity contribution in [2.75, 3.05) is 65.5 Å². The number of nitrogens with zero attached hydrogens (tertiary/aromatic N) is 3. The summed E-state index contributed by atoms with van der Waals surface area (Å²) < 4.78 is 33.4. The molecule has 8 nitrogen and oxygen atoms in total. The molecule has 3 rings (SSSR count). The summed E-state index contributed by atoms with van der Waals surface area (Å²) in [5, 5.41) is 3.00. The number of sulfonamides is 1. The lowest BCUT2D eigenvalue weighted by Crippen LogP contribution is -2.52. The topological polar surface area (TPSA) is 82.2 Å². The van der Waals surface area contributed by atoms with Crippen molar-refractivity contribution >= 4 is 15.9 Å². The van der Waals surface area contributed by atoms with E-state index in [0.717, 1.165) is 31.6 Å². The lowest BCUT2D eigenvalue weighted by molar-refractivity contribution is -0.123. The minimum absolute atomic E-state index is 0.0187. The average Bonchev–Trinajstić information content (AvgIpc) is 2.82. The first-order chi connectivity index (χ1) is 16.2. The Bertz CT molecular complexity index is 883. The zero-order valence-corrected chi connectivity index (χ0v) is 22.0. The normalized spacial score (nSPS) is 22.1. The van der Waals surface area contributed by atoms with Gasteiger partial charge in [-0.1, -0.05) is 39.8 Å².